The number of ether oxygens (including phenoxy) is 3. The molecule has 0 fully saturated rings. The third-order valence-corrected chi connectivity index (χ3v) is 3.97. The lowest BCUT2D eigenvalue weighted by Crippen LogP contribution is -2.53. The maximum atomic E-state index is 12.1. The van der Waals surface area contributed by atoms with Crippen LogP contribution in [0.1, 0.15) is 62.3 Å². The molecule has 0 saturated heterocycles. The van der Waals surface area contributed by atoms with Crippen LogP contribution in [-0.4, -0.2) is 59.2 Å². The smallest absolute Gasteiger partial charge is 0.333 e. The molecule has 0 aliphatic heterocycles. The first-order valence-electron chi connectivity index (χ1n) is 10.2. The number of rotatable bonds is 12. The van der Waals surface area contributed by atoms with Gasteiger partial charge in [0, 0.05) is 36.4 Å². The molecule has 0 aromatic carbocycles. The maximum Gasteiger partial charge on any atom is 0.333 e. The lowest BCUT2D eigenvalue weighted by atomic mass is 10.0. The number of nitrogens with zero attached hydrogens (tertiary/aromatic N) is 1. The normalized spacial score (nSPS) is 12.2. The van der Waals surface area contributed by atoms with E-state index in [2.05, 4.69) is 19.7 Å². The number of carbonyl (C=O) groups is 3. The van der Waals surface area contributed by atoms with Crippen LogP contribution in [0.2, 0.25) is 0 Å². The van der Waals surface area contributed by atoms with E-state index in [1.165, 1.54) is 0 Å². The molecule has 0 unspecified atom stereocenters. The van der Waals surface area contributed by atoms with Gasteiger partial charge in [0.15, 0.2) is 0 Å². The lowest BCUT2D eigenvalue weighted by molar-refractivity contribution is -0.161. The zero-order valence-electron chi connectivity index (χ0n) is 20.6. The van der Waals surface area contributed by atoms with Crippen LogP contribution in [0.25, 0.3) is 0 Å². The number of hydrogen-bond donors (Lipinski definition) is 0. The van der Waals surface area contributed by atoms with E-state index in [9.17, 15) is 14.4 Å². The van der Waals surface area contributed by atoms with Crippen molar-refractivity contribution in [3.8, 4) is 0 Å². The second-order valence-electron chi connectivity index (χ2n) is 9.93. The van der Waals surface area contributed by atoms with Gasteiger partial charge in [0.1, 0.15) is 16.8 Å². The van der Waals surface area contributed by atoms with Crippen LogP contribution in [0.4, 0.5) is 0 Å². The Morgan fingerprint density at radius 1 is 0.581 bits per heavy atom. The van der Waals surface area contributed by atoms with Crippen LogP contribution in [0.3, 0.4) is 0 Å². The average molecular weight is 438 g/mol. The highest BCUT2D eigenvalue weighted by atomic mass is 16.6. The molecule has 0 rings (SSSR count). The van der Waals surface area contributed by atoms with Crippen LogP contribution in [0, 0.1) is 0 Å². The molecule has 0 N–H and O–H groups in total. The second-order valence-corrected chi connectivity index (χ2v) is 9.93. The first kappa shape index (κ1) is 28.6. The molecule has 0 aromatic heterocycles. The summed E-state index contributed by atoms with van der Waals surface area (Å²) in [6.07, 6.45) is 0. The quantitative estimate of drug-likeness (QED) is 0.259. The highest BCUT2D eigenvalue weighted by Crippen LogP contribution is 2.22. The van der Waals surface area contributed by atoms with Gasteiger partial charge in [-0.1, -0.05) is 19.7 Å². The molecule has 0 bridgehead atoms. The topological polar surface area (TPSA) is 82.1 Å². The minimum atomic E-state index is -0.876. The largest absolute Gasteiger partial charge is 0.455 e. The van der Waals surface area contributed by atoms with Crippen molar-refractivity contribution in [2.24, 2.45) is 0 Å². The molecule has 7 heteroatoms. The second kappa shape index (κ2) is 10.8. The van der Waals surface area contributed by atoms with Gasteiger partial charge in [-0.15, -0.1) is 0 Å². The Kier molecular flexibility index (Phi) is 9.92. The van der Waals surface area contributed by atoms with Crippen molar-refractivity contribution in [3.63, 3.8) is 0 Å². The summed E-state index contributed by atoms with van der Waals surface area (Å²) in [7, 11) is 0. The summed E-state index contributed by atoms with van der Waals surface area (Å²) in [5.41, 5.74) is -1.74. The summed E-state index contributed by atoms with van der Waals surface area (Å²) < 4.78 is 16.7. The molecule has 7 nitrogen and oxygen atoms in total. The predicted octanol–water partition coefficient (Wildman–Crippen LogP) is 3.98. The van der Waals surface area contributed by atoms with Crippen LogP contribution in [0.15, 0.2) is 36.5 Å². The van der Waals surface area contributed by atoms with Gasteiger partial charge in [0.25, 0.3) is 0 Å². The van der Waals surface area contributed by atoms with Crippen molar-refractivity contribution in [3.05, 3.63) is 36.5 Å². The fourth-order valence-electron chi connectivity index (χ4n) is 2.89. The third kappa shape index (κ3) is 11.5. The molecule has 0 heterocycles. The molecule has 0 radical (unpaired) electrons. The van der Waals surface area contributed by atoms with Crippen molar-refractivity contribution in [1.82, 2.24) is 4.90 Å². The lowest BCUT2D eigenvalue weighted by Gasteiger charge is -2.40. The molecule has 0 spiro atoms. The summed E-state index contributed by atoms with van der Waals surface area (Å²) in [4.78, 5) is 38.1. The molecule has 31 heavy (non-hydrogen) atoms. The van der Waals surface area contributed by atoms with Gasteiger partial charge in [-0.25, -0.2) is 14.4 Å². The Morgan fingerprint density at radius 3 is 0.935 bits per heavy atom. The Morgan fingerprint density at radius 2 is 0.774 bits per heavy atom. The SMILES string of the molecule is C=C(C)C(=O)OC(C)(C)CN(CC(C)(C)OC(=O)C(=C)C)CC(C)(C)OC(=O)C(=C)C. The van der Waals surface area contributed by atoms with Crippen molar-refractivity contribution in [2.75, 3.05) is 19.6 Å². The van der Waals surface area contributed by atoms with E-state index >= 15 is 0 Å². The molecule has 0 aliphatic carbocycles. The van der Waals surface area contributed by atoms with Crippen LogP contribution >= 0.6 is 0 Å². The molecule has 0 atom stereocenters. The zero-order chi connectivity index (χ0) is 24.8. The first-order chi connectivity index (χ1) is 13.8. The summed E-state index contributed by atoms with van der Waals surface area (Å²) in [5, 5.41) is 0. The van der Waals surface area contributed by atoms with Gasteiger partial charge in [-0.05, 0) is 62.3 Å². The minimum absolute atomic E-state index is 0.297. The number of esters is 3. The van der Waals surface area contributed by atoms with Gasteiger partial charge >= 0.3 is 17.9 Å². The standard InChI is InChI=1S/C24H39NO6/c1-16(2)19(26)29-22(7,8)13-25(14-23(9,10)30-20(27)17(3)4)15-24(11,12)31-21(28)18(5)6/h1,3,5,13-15H2,2,4,6-12H3. The Bertz CT molecular complexity index is 645. The number of carbonyl (C=O) groups excluding carboxylic acids is 3. The monoisotopic (exact) mass is 437 g/mol. The molecular weight excluding hydrogens is 398 g/mol. The fourth-order valence-corrected chi connectivity index (χ4v) is 2.89. The van der Waals surface area contributed by atoms with Gasteiger partial charge in [-0.2, -0.15) is 0 Å². The summed E-state index contributed by atoms with van der Waals surface area (Å²) in [6, 6.07) is 0. The van der Waals surface area contributed by atoms with E-state index in [4.69, 9.17) is 14.2 Å². The minimum Gasteiger partial charge on any atom is -0.455 e. The molecule has 176 valence electrons. The van der Waals surface area contributed by atoms with Crippen molar-refractivity contribution < 1.29 is 28.6 Å². The Balaban J connectivity index is 5.69. The van der Waals surface area contributed by atoms with Crippen LogP contribution in [-0.2, 0) is 28.6 Å². The highest BCUT2D eigenvalue weighted by molar-refractivity contribution is 5.88. The van der Waals surface area contributed by atoms with Gasteiger partial charge in [-0.3, -0.25) is 4.90 Å². The van der Waals surface area contributed by atoms with Crippen molar-refractivity contribution in [1.29, 1.82) is 0 Å². The predicted molar refractivity (Wildman–Crippen MR) is 121 cm³/mol. The fraction of sp³-hybridized carbons (Fsp3) is 0.625. The first-order valence-corrected chi connectivity index (χ1v) is 10.2. The Hall–Kier alpha value is -2.41. The Labute approximate surface area is 187 Å². The molecule has 0 saturated carbocycles. The van der Waals surface area contributed by atoms with Crippen LogP contribution < -0.4 is 0 Å². The van der Waals surface area contributed by atoms with E-state index in [0.717, 1.165) is 0 Å². The summed E-state index contributed by atoms with van der Waals surface area (Å²) >= 11 is 0. The summed E-state index contributed by atoms with van der Waals surface area (Å²) in [5.74, 6) is -1.48. The molecule has 0 aliphatic rings. The van der Waals surface area contributed by atoms with E-state index < -0.39 is 34.7 Å². The van der Waals surface area contributed by atoms with E-state index in [1.54, 1.807) is 62.3 Å². The van der Waals surface area contributed by atoms with E-state index in [-0.39, 0.29) is 0 Å². The van der Waals surface area contributed by atoms with Crippen LogP contribution in [0.5, 0.6) is 0 Å². The number of hydrogen-bond acceptors (Lipinski definition) is 7. The van der Waals surface area contributed by atoms with Crippen molar-refractivity contribution >= 4 is 17.9 Å². The molecule has 0 aromatic rings. The third-order valence-electron chi connectivity index (χ3n) is 3.97. The van der Waals surface area contributed by atoms with E-state index in [1.807, 2.05) is 4.90 Å². The maximum absolute atomic E-state index is 12.1. The van der Waals surface area contributed by atoms with Gasteiger partial charge in [0.2, 0.25) is 0 Å². The average Bonchev–Trinajstić information content (AvgIpc) is 2.51. The summed E-state index contributed by atoms with van der Waals surface area (Å²) in [6.45, 7) is 27.2. The molecule has 0 amide bonds. The van der Waals surface area contributed by atoms with Gasteiger partial charge in [0.05, 0.1) is 0 Å². The molecular formula is C24H39NO6. The van der Waals surface area contributed by atoms with E-state index in [0.29, 0.717) is 36.4 Å². The highest BCUT2D eigenvalue weighted by Gasteiger charge is 2.35. The zero-order valence-corrected chi connectivity index (χ0v) is 20.6. The van der Waals surface area contributed by atoms with Gasteiger partial charge < -0.3 is 14.2 Å². The van der Waals surface area contributed by atoms with Crippen molar-refractivity contribution in [2.45, 2.75) is 79.1 Å².